The predicted molar refractivity (Wildman–Crippen MR) is 182 cm³/mol. The lowest BCUT2D eigenvalue weighted by Gasteiger charge is -2.45. The summed E-state index contributed by atoms with van der Waals surface area (Å²) in [7, 11) is 0. The molecule has 47 heavy (non-hydrogen) atoms. The van der Waals surface area contributed by atoms with E-state index in [-0.39, 0.29) is 6.61 Å². The molecule has 0 radical (unpaired) electrons. The summed E-state index contributed by atoms with van der Waals surface area (Å²) in [5.41, 5.74) is 4.15. The average molecular weight is 651 g/mol. The van der Waals surface area contributed by atoms with Gasteiger partial charge in [-0.1, -0.05) is 145 Å². The summed E-state index contributed by atoms with van der Waals surface area (Å²) >= 11 is 6.57. The van der Waals surface area contributed by atoms with Crippen LogP contribution in [-0.2, 0) is 50.1 Å². The molecule has 6 rings (SSSR count). The zero-order chi connectivity index (χ0) is 32.1. The lowest BCUT2D eigenvalue weighted by Crippen LogP contribution is -2.62. The van der Waals surface area contributed by atoms with Gasteiger partial charge in [0.15, 0.2) is 0 Å². The summed E-state index contributed by atoms with van der Waals surface area (Å²) in [6, 6.07) is 47.5. The Kier molecular flexibility index (Phi) is 12.1. The number of halogens is 1. The fourth-order valence-corrected chi connectivity index (χ4v) is 5.69. The molecular weight excluding hydrogens is 612 g/mol. The SMILES string of the molecule is Clc1ccccc1O[C@H]1O[C@H](COCc2ccccc2)[C@@H](OCc2ccccc2)[C@H](OCc2ccccc2)[C@H]1OCc1ccccc1. The first-order valence-corrected chi connectivity index (χ1v) is 16.3. The highest BCUT2D eigenvalue weighted by Gasteiger charge is 2.50. The maximum absolute atomic E-state index is 6.77. The largest absolute Gasteiger partial charge is 0.460 e. The van der Waals surface area contributed by atoms with Crippen molar-refractivity contribution < 1.29 is 28.4 Å². The van der Waals surface area contributed by atoms with Crippen LogP contribution in [0, 0.1) is 0 Å². The van der Waals surface area contributed by atoms with Crippen LogP contribution in [0.3, 0.4) is 0 Å². The van der Waals surface area contributed by atoms with Crippen LogP contribution >= 0.6 is 11.6 Å². The normalized spacial score (nSPS) is 20.9. The van der Waals surface area contributed by atoms with E-state index in [9.17, 15) is 0 Å². The van der Waals surface area contributed by atoms with Gasteiger partial charge in [-0.2, -0.15) is 0 Å². The van der Waals surface area contributed by atoms with Crippen LogP contribution in [0.2, 0.25) is 5.02 Å². The maximum atomic E-state index is 6.77. The predicted octanol–water partition coefficient (Wildman–Crippen LogP) is 8.42. The molecule has 1 aliphatic rings. The summed E-state index contributed by atoms with van der Waals surface area (Å²) < 4.78 is 39.6. The first-order chi connectivity index (χ1) is 23.2. The quantitative estimate of drug-likeness (QED) is 0.113. The van der Waals surface area contributed by atoms with Gasteiger partial charge in [0.25, 0.3) is 0 Å². The van der Waals surface area contributed by atoms with Gasteiger partial charge < -0.3 is 28.4 Å². The van der Waals surface area contributed by atoms with Gasteiger partial charge in [-0.15, -0.1) is 0 Å². The summed E-state index contributed by atoms with van der Waals surface area (Å²) in [5, 5.41) is 0.471. The first-order valence-electron chi connectivity index (χ1n) is 15.9. The van der Waals surface area contributed by atoms with E-state index in [1.807, 2.05) is 140 Å². The van der Waals surface area contributed by atoms with Crippen LogP contribution in [0.25, 0.3) is 0 Å². The minimum absolute atomic E-state index is 0.243. The Labute approximate surface area is 281 Å². The van der Waals surface area contributed by atoms with Crippen molar-refractivity contribution >= 4 is 11.6 Å². The Balaban J connectivity index is 1.32. The topological polar surface area (TPSA) is 55.4 Å². The lowest BCUT2D eigenvalue weighted by atomic mass is 9.97. The van der Waals surface area contributed by atoms with Crippen molar-refractivity contribution in [2.75, 3.05) is 6.61 Å². The van der Waals surface area contributed by atoms with Crippen LogP contribution in [0.5, 0.6) is 5.75 Å². The number of hydrogen-bond donors (Lipinski definition) is 0. The highest BCUT2D eigenvalue weighted by Crippen LogP contribution is 2.34. The van der Waals surface area contributed by atoms with Gasteiger partial charge in [0.05, 0.1) is 38.1 Å². The van der Waals surface area contributed by atoms with Crippen LogP contribution in [-0.4, -0.2) is 37.3 Å². The molecular formula is C40H39ClO6. The zero-order valence-electron chi connectivity index (χ0n) is 26.1. The Morgan fingerprint density at radius 1 is 0.468 bits per heavy atom. The molecule has 0 aliphatic carbocycles. The van der Waals surface area contributed by atoms with E-state index >= 15 is 0 Å². The molecule has 1 aliphatic heterocycles. The summed E-state index contributed by atoms with van der Waals surface area (Å²) in [4.78, 5) is 0. The molecule has 6 nitrogen and oxygen atoms in total. The van der Waals surface area contributed by atoms with E-state index in [1.54, 1.807) is 6.07 Å². The molecule has 5 atom stereocenters. The molecule has 242 valence electrons. The third kappa shape index (κ3) is 9.52. The van der Waals surface area contributed by atoms with Gasteiger partial charge in [-0.05, 0) is 34.4 Å². The highest BCUT2D eigenvalue weighted by atomic mass is 35.5. The molecule has 1 heterocycles. The minimum Gasteiger partial charge on any atom is -0.460 e. The Hall–Kier alpha value is -4.01. The Bertz CT molecular complexity index is 1610. The van der Waals surface area contributed by atoms with E-state index < -0.39 is 30.7 Å². The van der Waals surface area contributed by atoms with Crippen molar-refractivity contribution in [3.05, 3.63) is 173 Å². The van der Waals surface area contributed by atoms with Gasteiger partial charge in [0, 0.05) is 0 Å². The van der Waals surface area contributed by atoms with Crippen molar-refractivity contribution in [2.45, 2.75) is 57.1 Å². The second kappa shape index (κ2) is 17.2. The number of rotatable bonds is 15. The second-order valence-corrected chi connectivity index (χ2v) is 11.8. The second-order valence-electron chi connectivity index (χ2n) is 11.4. The first kappa shape index (κ1) is 32.9. The third-order valence-electron chi connectivity index (χ3n) is 7.92. The zero-order valence-corrected chi connectivity index (χ0v) is 26.9. The van der Waals surface area contributed by atoms with Gasteiger partial charge >= 0.3 is 0 Å². The van der Waals surface area contributed by atoms with E-state index in [4.69, 9.17) is 40.0 Å². The van der Waals surface area contributed by atoms with E-state index in [0.717, 1.165) is 22.3 Å². The monoisotopic (exact) mass is 650 g/mol. The van der Waals surface area contributed by atoms with Crippen molar-refractivity contribution in [3.8, 4) is 5.75 Å². The van der Waals surface area contributed by atoms with Crippen LogP contribution in [0.1, 0.15) is 22.3 Å². The smallest absolute Gasteiger partial charge is 0.229 e. The number of ether oxygens (including phenoxy) is 6. The molecule has 0 N–H and O–H groups in total. The number of hydrogen-bond acceptors (Lipinski definition) is 6. The molecule has 0 saturated carbocycles. The Morgan fingerprint density at radius 3 is 1.40 bits per heavy atom. The van der Waals surface area contributed by atoms with Crippen molar-refractivity contribution in [1.29, 1.82) is 0 Å². The van der Waals surface area contributed by atoms with E-state index in [2.05, 4.69) is 0 Å². The Morgan fingerprint density at radius 2 is 0.894 bits per heavy atom. The van der Waals surface area contributed by atoms with Gasteiger partial charge in [0.2, 0.25) is 6.29 Å². The maximum Gasteiger partial charge on any atom is 0.229 e. The van der Waals surface area contributed by atoms with Crippen molar-refractivity contribution in [3.63, 3.8) is 0 Å². The molecule has 0 spiro atoms. The number of benzene rings is 5. The molecule has 1 fully saturated rings. The number of para-hydroxylation sites is 1. The van der Waals surface area contributed by atoms with Crippen molar-refractivity contribution in [1.82, 2.24) is 0 Å². The molecule has 0 amide bonds. The summed E-state index contributed by atoms with van der Waals surface area (Å²) in [6.45, 7) is 1.69. The lowest BCUT2D eigenvalue weighted by molar-refractivity contribution is -0.310. The molecule has 5 aromatic carbocycles. The van der Waals surface area contributed by atoms with Gasteiger partial charge in [0.1, 0.15) is 30.2 Å². The molecule has 0 aromatic heterocycles. The average Bonchev–Trinajstić information content (AvgIpc) is 3.12. The highest BCUT2D eigenvalue weighted by molar-refractivity contribution is 6.32. The summed E-state index contributed by atoms with van der Waals surface area (Å²) in [5.74, 6) is 0.488. The van der Waals surface area contributed by atoms with Gasteiger partial charge in [-0.25, -0.2) is 0 Å². The minimum atomic E-state index is -0.874. The van der Waals surface area contributed by atoms with E-state index in [1.165, 1.54) is 0 Å². The van der Waals surface area contributed by atoms with E-state index in [0.29, 0.717) is 37.2 Å². The summed E-state index contributed by atoms with van der Waals surface area (Å²) in [6.07, 6.45) is -3.24. The standard InChI is InChI=1S/C40H39ClO6/c41-34-23-13-14-24-35(34)46-40-39(45-28-33-21-11-4-12-22-33)38(44-27-32-19-9-3-10-20-32)37(43-26-31-17-7-2-8-18-31)36(47-40)29-42-25-30-15-5-1-6-16-30/h1-24,36-40H,25-29H2/t36-,37-,38+,39-,40+/m1/s1. The molecule has 5 aromatic rings. The van der Waals surface area contributed by atoms with Crippen LogP contribution in [0.4, 0.5) is 0 Å². The fraction of sp³-hybridized carbons (Fsp3) is 0.250. The fourth-order valence-electron chi connectivity index (χ4n) is 5.51. The molecule has 0 bridgehead atoms. The molecule has 0 unspecified atom stereocenters. The molecule has 7 heteroatoms. The molecule has 1 saturated heterocycles. The third-order valence-corrected chi connectivity index (χ3v) is 8.23. The van der Waals surface area contributed by atoms with Crippen molar-refractivity contribution in [2.24, 2.45) is 0 Å². The van der Waals surface area contributed by atoms with Gasteiger partial charge in [-0.3, -0.25) is 0 Å². The van der Waals surface area contributed by atoms with Crippen LogP contribution < -0.4 is 4.74 Å². The van der Waals surface area contributed by atoms with Crippen LogP contribution in [0.15, 0.2) is 146 Å².